The van der Waals surface area contributed by atoms with Crippen molar-refractivity contribution in [3.63, 3.8) is 0 Å². The standard InChI is InChI=1S/C13H22/c1-7-9-11(4)13(6)12(5)10(3)8-2/h8,11H,2,6-7,9H2,1,3-5H3/b12-10-. The van der Waals surface area contributed by atoms with Gasteiger partial charge in [0, 0.05) is 0 Å². The SMILES string of the molecule is C=C/C(C)=C(/C)C(=C)C(C)CCC. The average molecular weight is 178 g/mol. The van der Waals surface area contributed by atoms with Gasteiger partial charge in [-0.25, -0.2) is 0 Å². The predicted molar refractivity (Wildman–Crippen MR) is 61.8 cm³/mol. The average Bonchev–Trinajstić information content (AvgIpc) is 2.14. The fourth-order valence-corrected chi connectivity index (χ4v) is 1.38. The summed E-state index contributed by atoms with van der Waals surface area (Å²) in [7, 11) is 0. The van der Waals surface area contributed by atoms with Crippen molar-refractivity contribution >= 4 is 0 Å². The highest BCUT2D eigenvalue weighted by Gasteiger charge is 2.07. The number of rotatable bonds is 5. The fraction of sp³-hybridized carbons (Fsp3) is 0.538. The van der Waals surface area contributed by atoms with E-state index < -0.39 is 0 Å². The summed E-state index contributed by atoms with van der Waals surface area (Å²) in [5.74, 6) is 0.597. The van der Waals surface area contributed by atoms with E-state index in [9.17, 15) is 0 Å². The molecular weight excluding hydrogens is 156 g/mol. The largest absolute Gasteiger partial charge is 0.0988 e. The van der Waals surface area contributed by atoms with Gasteiger partial charge in [0.1, 0.15) is 0 Å². The first-order chi connectivity index (χ1) is 6.04. The summed E-state index contributed by atoms with van der Waals surface area (Å²) in [5, 5.41) is 0. The molecule has 0 aliphatic heterocycles. The minimum atomic E-state index is 0.597. The predicted octanol–water partition coefficient (Wildman–Crippen LogP) is 4.50. The van der Waals surface area contributed by atoms with E-state index in [4.69, 9.17) is 0 Å². The van der Waals surface area contributed by atoms with E-state index in [0.717, 1.165) is 0 Å². The highest BCUT2D eigenvalue weighted by Crippen LogP contribution is 2.24. The normalized spacial score (nSPS) is 14.8. The van der Waals surface area contributed by atoms with Crippen LogP contribution in [-0.4, -0.2) is 0 Å². The summed E-state index contributed by atoms with van der Waals surface area (Å²) in [6.45, 7) is 16.6. The van der Waals surface area contributed by atoms with Crippen LogP contribution in [0.3, 0.4) is 0 Å². The Hall–Kier alpha value is -0.780. The minimum absolute atomic E-state index is 0.597. The lowest BCUT2D eigenvalue weighted by Gasteiger charge is -2.15. The lowest BCUT2D eigenvalue weighted by Crippen LogP contribution is -2.00. The third-order valence-electron chi connectivity index (χ3n) is 2.70. The van der Waals surface area contributed by atoms with Gasteiger partial charge in [-0.3, -0.25) is 0 Å². The van der Waals surface area contributed by atoms with Crippen LogP contribution in [0, 0.1) is 5.92 Å². The van der Waals surface area contributed by atoms with E-state index in [0.29, 0.717) is 5.92 Å². The quantitative estimate of drug-likeness (QED) is 0.544. The second kappa shape index (κ2) is 5.80. The molecule has 0 heteroatoms. The van der Waals surface area contributed by atoms with E-state index in [1.165, 1.54) is 29.6 Å². The van der Waals surface area contributed by atoms with E-state index in [2.05, 4.69) is 40.9 Å². The van der Waals surface area contributed by atoms with Crippen molar-refractivity contribution in [1.29, 1.82) is 0 Å². The molecule has 0 aliphatic rings. The molecule has 0 rings (SSSR count). The van der Waals surface area contributed by atoms with E-state index in [1.807, 2.05) is 6.08 Å². The molecule has 0 spiro atoms. The van der Waals surface area contributed by atoms with Crippen molar-refractivity contribution in [3.8, 4) is 0 Å². The summed E-state index contributed by atoms with van der Waals surface area (Å²) in [5.41, 5.74) is 3.81. The molecule has 0 bridgehead atoms. The Labute approximate surface area is 83.0 Å². The molecule has 0 amide bonds. The lowest BCUT2D eigenvalue weighted by atomic mass is 9.90. The van der Waals surface area contributed by atoms with Crippen LogP contribution in [-0.2, 0) is 0 Å². The van der Waals surface area contributed by atoms with Crippen molar-refractivity contribution in [3.05, 3.63) is 36.0 Å². The topological polar surface area (TPSA) is 0 Å². The molecule has 0 aromatic heterocycles. The van der Waals surface area contributed by atoms with E-state index in [1.54, 1.807) is 0 Å². The Bertz CT molecular complexity index is 218. The molecule has 1 atom stereocenters. The van der Waals surface area contributed by atoms with Crippen LogP contribution >= 0.6 is 0 Å². The molecule has 0 nitrogen and oxygen atoms in total. The molecular formula is C13H22. The Kier molecular flexibility index (Phi) is 5.45. The molecule has 13 heavy (non-hydrogen) atoms. The number of hydrogen-bond donors (Lipinski definition) is 0. The van der Waals surface area contributed by atoms with Gasteiger partial charge in [-0.2, -0.15) is 0 Å². The van der Waals surface area contributed by atoms with E-state index >= 15 is 0 Å². The smallest absolute Gasteiger partial charge is 0.0194 e. The van der Waals surface area contributed by atoms with Crippen LogP contribution in [0.4, 0.5) is 0 Å². The van der Waals surface area contributed by atoms with Gasteiger partial charge < -0.3 is 0 Å². The third-order valence-corrected chi connectivity index (χ3v) is 2.70. The first-order valence-electron chi connectivity index (χ1n) is 5.03. The van der Waals surface area contributed by atoms with Crippen LogP contribution in [0.25, 0.3) is 0 Å². The molecule has 0 aromatic rings. The van der Waals surface area contributed by atoms with Crippen LogP contribution in [0.2, 0.25) is 0 Å². The van der Waals surface area contributed by atoms with Gasteiger partial charge in [0.25, 0.3) is 0 Å². The van der Waals surface area contributed by atoms with Crippen LogP contribution in [0.15, 0.2) is 36.0 Å². The van der Waals surface area contributed by atoms with Gasteiger partial charge in [0.05, 0.1) is 0 Å². The Morgan fingerprint density at radius 3 is 2.31 bits per heavy atom. The number of hydrogen-bond acceptors (Lipinski definition) is 0. The van der Waals surface area contributed by atoms with Crippen LogP contribution < -0.4 is 0 Å². The molecule has 0 saturated carbocycles. The molecule has 0 fully saturated rings. The zero-order chi connectivity index (χ0) is 10.4. The monoisotopic (exact) mass is 178 g/mol. The van der Waals surface area contributed by atoms with Crippen molar-refractivity contribution in [1.82, 2.24) is 0 Å². The maximum absolute atomic E-state index is 4.14. The molecule has 74 valence electrons. The molecule has 0 aromatic carbocycles. The number of allylic oxidation sites excluding steroid dienone is 4. The van der Waals surface area contributed by atoms with Gasteiger partial charge in [0.15, 0.2) is 0 Å². The zero-order valence-electron chi connectivity index (χ0n) is 9.48. The maximum Gasteiger partial charge on any atom is -0.0194 e. The molecule has 1 unspecified atom stereocenters. The second-order valence-corrected chi connectivity index (χ2v) is 3.73. The van der Waals surface area contributed by atoms with Crippen molar-refractivity contribution in [2.24, 2.45) is 5.92 Å². The van der Waals surface area contributed by atoms with Gasteiger partial charge in [0.2, 0.25) is 0 Å². The summed E-state index contributed by atoms with van der Waals surface area (Å²) in [6.07, 6.45) is 4.35. The molecule has 0 heterocycles. The third kappa shape index (κ3) is 3.63. The van der Waals surface area contributed by atoms with Crippen molar-refractivity contribution in [2.45, 2.75) is 40.5 Å². The van der Waals surface area contributed by atoms with E-state index in [-0.39, 0.29) is 0 Å². The van der Waals surface area contributed by atoms with Crippen molar-refractivity contribution in [2.75, 3.05) is 0 Å². The Balaban J connectivity index is 4.51. The van der Waals surface area contributed by atoms with Gasteiger partial charge in [-0.05, 0) is 42.9 Å². The van der Waals surface area contributed by atoms with Gasteiger partial charge in [-0.15, -0.1) is 0 Å². The lowest BCUT2D eigenvalue weighted by molar-refractivity contribution is 0.608. The fourth-order valence-electron chi connectivity index (χ4n) is 1.38. The van der Waals surface area contributed by atoms with Crippen molar-refractivity contribution < 1.29 is 0 Å². The Morgan fingerprint density at radius 1 is 1.38 bits per heavy atom. The molecule has 0 aliphatic carbocycles. The second-order valence-electron chi connectivity index (χ2n) is 3.73. The van der Waals surface area contributed by atoms with Crippen LogP contribution in [0.5, 0.6) is 0 Å². The molecule has 0 radical (unpaired) electrons. The Morgan fingerprint density at radius 2 is 1.92 bits per heavy atom. The molecule has 0 N–H and O–H groups in total. The summed E-state index contributed by atoms with van der Waals surface area (Å²) in [6, 6.07) is 0. The minimum Gasteiger partial charge on any atom is -0.0988 e. The first-order valence-corrected chi connectivity index (χ1v) is 5.03. The van der Waals surface area contributed by atoms with Gasteiger partial charge in [-0.1, -0.05) is 39.5 Å². The summed E-state index contributed by atoms with van der Waals surface area (Å²) < 4.78 is 0. The first kappa shape index (κ1) is 12.2. The highest BCUT2D eigenvalue weighted by atomic mass is 14.1. The summed E-state index contributed by atoms with van der Waals surface area (Å²) >= 11 is 0. The summed E-state index contributed by atoms with van der Waals surface area (Å²) in [4.78, 5) is 0. The zero-order valence-corrected chi connectivity index (χ0v) is 9.48. The van der Waals surface area contributed by atoms with Crippen LogP contribution in [0.1, 0.15) is 40.5 Å². The van der Waals surface area contributed by atoms with Gasteiger partial charge >= 0.3 is 0 Å². The highest BCUT2D eigenvalue weighted by molar-refractivity contribution is 5.36. The molecule has 0 saturated heterocycles. The maximum atomic E-state index is 4.14.